The molecule has 0 radical (unpaired) electrons. The summed E-state index contributed by atoms with van der Waals surface area (Å²) in [5.41, 5.74) is 0.492. The third-order valence-electron chi connectivity index (χ3n) is 3.81. The van der Waals surface area contributed by atoms with Gasteiger partial charge in [0, 0.05) is 12.6 Å². The van der Waals surface area contributed by atoms with Crippen LogP contribution in [0.2, 0.25) is 0 Å². The molecule has 1 aromatic carbocycles. The lowest BCUT2D eigenvalue weighted by atomic mass is 10.1. The summed E-state index contributed by atoms with van der Waals surface area (Å²) in [7, 11) is 3.09. The Morgan fingerprint density at radius 2 is 2.15 bits per heavy atom. The second kappa shape index (κ2) is 8.59. The molecule has 3 aromatic rings. The van der Waals surface area contributed by atoms with E-state index < -0.39 is 0 Å². The molecule has 0 amide bonds. The van der Waals surface area contributed by atoms with Crippen LogP contribution < -0.4 is 9.47 Å². The zero-order valence-electron chi connectivity index (χ0n) is 15.0. The van der Waals surface area contributed by atoms with Crippen LogP contribution in [0.1, 0.15) is 10.4 Å². The number of ether oxygens (including phenoxy) is 2. The van der Waals surface area contributed by atoms with E-state index in [9.17, 15) is 4.79 Å². The van der Waals surface area contributed by atoms with Crippen molar-refractivity contribution in [1.29, 1.82) is 0 Å². The molecule has 0 aliphatic carbocycles. The van der Waals surface area contributed by atoms with Gasteiger partial charge in [-0.05, 0) is 24.3 Å². The zero-order valence-corrected chi connectivity index (χ0v) is 15.9. The molecule has 0 N–H and O–H groups in total. The van der Waals surface area contributed by atoms with Crippen LogP contribution in [0.25, 0.3) is 11.6 Å². The number of hydrogen-bond donors (Lipinski definition) is 0. The molecule has 27 heavy (non-hydrogen) atoms. The Morgan fingerprint density at radius 1 is 1.30 bits per heavy atom. The molecule has 7 nitrogen and oxygen atoms in total. The van der Waals surface area contributed by atoms with E-state index in [0.717, 1.165) is 0 Å². The maximum Gasteiger partial charge on any atom is 0.200 e. The largest absolute Gasteiger partial charge is 0.497 e. The molecular formula is C19H19N3O4S. The van der Waals surface area contributed by atoms with E-state index in [1.165, 1.54) is 18.9 Å². The second-order valence-electron chi connectivity index (χ2n) is 5.46. The number of rotatable bonds is 9. The predicted molar refractivity (Wildman–Crippen MR) is 103 cm³/mol. The molecule has 0 bridgehead atoms. The third kappa shape index (κ3) is 4.06. The van der Waals surface area contributed by atoms with Gasteiger partial charge in [0.15, 0.2) is 16.7 Å². The summed E-state index contributed by atoms with van der Waals surface area (Å²) in [6, 6.07) is 8.71. The topological polar surface area (TPSA) is 79.4 Å². The fourth-order valence-electron chi connectivity index (χ4n) is 2.51. The van der Waals surface area contributed by atoms with Crippen LogP contribution in [-0.4, -0.2) is 40.5 Å². The molecule has 2 heterocycles. The summed E-state index contributed by atoms with van der Waals surface area (Å²) in [6.07, 6.45) is 3.32. The van der Waals surface area contributed by atoms with Crippen molar-refractivity contribution in [3.63, 3.8) is 0 Å². The highest BCUT2D eigenvalue weighted by molar-refractivity contribution is 7.99. The number of Topliss-reactive ketones (excluding diaryl/α,β-unsaturated/α-hetero) is 1. The lowest BCUT2D eigenvalue weighted by molar-refractivity contribution is 0.101. The van der Waals surface area contributed by atoms with Gasteiger partial charge in [-0.15, -0.1) is 16.8 Å². The van der Waals surface area contributed by atoms with Crippen molar-refractivity contribution >= 4 is 17.5 Å². The monoisotopic (exact) mass is 385 g/mol. The van der Waals surface area contributed by atoms with Gasteiger partial charge in [-0.2, -0.15) is 0 Å². The summed E-state index contributed by atoms with van der Waals surface area (Å²) >= 11 is 1.30. The van der Waals surface area contributed by atoms with Crippen molar-refractivity contribution in [1.82, 2.24) is 14.8 Å². The van der Waals surface area contributed by atoms with Crippen LogP contribution in [0, 0.1) is 0 Å². The number of methoxy groups -OCH3 is 2. The number of carbonyl (C=O) groups excluding carboxylic acids is 1. The van der Waals surface area contributed by atoms with Gasteiger partial charge in [-0.1, -0.05) is 17.8 Å². The van der Waals surface area contributed by atoms with Gasteiger partial charge in [-0.3, -0.25) is 9.36 Å². The van der Waals surface area contributed by atoms with Gasteiger partial charge in [-0.25, -0.2) is 0 Å². The average molecular weight is 385 g/mol. The summed E-state index contributed by atoms with van der Waals surface area (Å²) in [6.45, 7) is 4.27. The number of carbonyl (C=O) groups is 1. The molecule has 0 fully saturated rings. The number of benzene rings is 1. The van der Waals surface area contributed by atoms with E-state index in [2.05, 4.69) is 16.8 Å². The van der Waals surface area contributed by atoms with Crippen LogP contribution in [-0.2, 0) is 6.54 Å². The second-order valence-corrected chi connectivity index (χ2v) is 6.40. The van der Waals surface area contributed by atoms with Crippen LogP contribution >= 0.6 is 11.8 Å². The lowest BCUT2D eigenvalue weighted by Crippen LogP contribution is -2.07. The molecular weight excluding hydrogens is 366 g/mol. The summed E-state index contributed by atoms with van der Waals surface area (Å²) < 4.78 is 17.7. The first kappa shape index (κ1) is 18.8. The Bertz CT molecular complexity index is 935. The summed E-state index contributed by atoms with van der Waals surface area (Å²) in [5.74, 6) is 2.42. The Hall–Kier alpha value is -3.00. The number of nitrogens with zero attached hydrogens (tertiary/aromatic N) is 3. The lowest BCUT2D eigenvalue weighted by Gasteiger charge is -2.10. The van der Waals surface area contributed by atoms with Gasteiger partial charge < -0.3 is 13.9 Å². The highest BCUT2D eigenvalue weighted by Gasteiger charge is 2.18. The molecule has 0 atom stereocenters. The first-order chi connectivity index (χ1) is 13.2. The molecule has 0 aliphatic heterocycles. The Balaban J connectivity index is 1.79. The first-order valence-electron chi connectivity index (χ1n) is 8.14. The van der Waals surface area contributed by atoms with E-state index in [1.807, 2.05) is 10.6 Å². The number of allylic oxidation sites excluding steroid dienone is 1. The molecule has 0 spiro atoms. The van der Waals surface area contributed by atoms with Crippen molar-refractivity contribution in [3.05, 3.63) is 54.8 Å². The highest BCUT2D eigenvalue weighted by Crippen LogP contribution is 2.28. The molecule has 0 saturated heterocycles. The van der Waals surface area contributed by atoms with Crippen molar-refractivity contribution in [3.8, 4) is 23.1 Å². The highest BCUT2D eigenvalue weighted by atomic mass is 32.2. The molecule has 3 rings (SSSR count). The minimum Gasteiger partial charge on any atom is -0.497 e. The van der Waals surface area contributed by atoms with Crippen LogP contribution in [0.15, 0.2) is 58.8 Å². The van der Waals surface area contributed by atoms with Crippen molar-refractivity contribution < 1.29 is 18.7 Å². The number of furan rings is 1. The first-order valence-corrected chi connectivity index (χ1v) is 9.12. The molecule has 2 aromatic heterocycles. The maximum atomic E-state index is 12.7. The number of ketones is 1. The minimum absolute atomic E-state index is 0.0767. The number of aromatic nitrogens is 3. The average Bonchev–Trinajstić information content (AvgIpc) is 3.35. The minimum atomic E-state index is -0.0767. The van der Waals surface area contributed by atoms with Gasteiger partial charge in [0.2, 0.25) is 5.82 Å². The Kier molecular flexibility index (Phi) is 5.97. The molecule has 0 aliphatic rings. The molecule has 8 heteroatoms. The molecule has 0 saturated carbocycles. The predicted octanol–water partition coefficient (Wildman–Crippen LogP) is 3.72. The van der Waals surface area contributed by atoms with Gasteiger partial charge in [0.25, 0.3) is 0 Å². The fourth-order valence-corrected chi connectivity index (χ4v) is 3.35. The standard InChI is InChI=1S/C19H19N3O4S/c1-4-9-22-18(16-6-5-10-26-16)20-21-19(22)27-12-15(23)14-8-7-13(24-2)11-17(14)25-3/h4-8,10-11H,1,9,12H2,2-3H3. The molecule has 0 unspecified atom stereocenters. The van der Waals surface area contributed by atoms with Crippen molar-refractivity contribution in [2.45, 2.75) is 11.7 Å². The van der Waals surface area contributed by atoms with E-state index >= 15 is 0 Å². The van der Waals surface area contributed by atoms with E-state index in [1.54, 1.807) is 43.7 Å². The van der Waals surface area contributed by atoms with Crippen LogP contribution in [0.3, 0.4) is 0 Å². The Labute approximate surface area is 161 Å². The van der Waals surface area contributed by atoms with Gasteiger partial charge in [0.05, 0.1) is 31.8 Å². The normalized spacial score (nSPS) is 10.6. The van der Waals surface area contributed by atoms with Gasteiger partial charge >= 0.3 is 0 Å². The van der Waals surface area contributed by atoms with Gasteiger partial charge in [0.1, 0.15) is 11.5 Å². The van der Waals surface area contributed by atoms with Crippen LogP contribution in [0.5, 0.6) is 11.5 Å². The van der Waals surface area contributed by atoms with Crippen molar-refractivity contribution in [2.24, 2.45) is 0 Å². The molecule has 140 valence electrons. The third-order valence-corrected chi connectivity index (χ3v) is 4.78. The Morgan fingerprint density at radius 3 is 2.81 bits per heavy atom. The fraction of sp³-hybridized carbons (Fsp3) is 0.211. The van der Waals surface area contributed by atoms with Crippen LogP contribution in [0.4, 0.5) is 0 Å². The zero-order chi connectivity index (χ0) is 19.2. The van der Waals surface area contributed by atoms with E-state index in [-0.39, 0.29) is 11.5 Å². The van der Waals surface area contributed by atoms with Crippen molar-refractivity contribution in [2.75, 3.05) is 20.0 Å². The summed E-state index contributed by atoms with van der Waals surface area (Å²) in [4.78, 5) is 12.7. The maximum absolute atomic E-state index is 12.7. The van der Waals surface area contributed by atoms with E-state index in [0.29, 0.717) is 40.3 Å². The number of hydrogen-bond acceptors (Lipinski definition) is 7. The summed E-state index contributed by atoms with van der Waals surface area (Å²) in [5, 5.41) is 8.99. The van der Waals surface area contributed by atoms with E-state index in [4.69, 9.17) is 13.9 Å². The quantitative estimate of drug-likeness (QED) is 0.315. The smallest absolute Gasteiger partial charge is 0.200 e. The number of thioether (sulfide) groups is 1. The SMILES string of the molecule is C=CCn1c(SCC(=O)c2ccc(OC)cc2OC)nnc1-c1ccco1.